The van der Waals surface area contributed by atoms with Gasteiger partial charge in [-0.3, -0.25) is 4.79 Å². The molecule has 5 rings (SSSR count). The molecule has 3 heterocycles. The highest BCUT2D eigenvalue weighted by Gasteiger charge is 2.32. The second kappa shape index (κ2) is 9.23. The van der Waals surface area contributed by atoms with Crippen LogP contribution in [0.5, 0.6) is 5.75 Å². The van der Waals surface area contributed by atoms with Gasteiger partial charge in [0.25, 0.3) is 5.91 Å². The molecule has 36 heavy (non-hydrogen) atoms. The number of nitriles is 1. The number of nitrogens with two attached hydrogens (primary N) is 1. The fraction of sp³-hybridized carbons (Fsp3) is 0.321. The molecule has 1 aliphatic carbocycles. The number of thiophene rings is 2. The first-order chi connectivity index (χ1) is 17.2. The third-order valence-electron chi connectivity index (χ3n) is 7.01. The van der Waals surface area contributed by atoms with Crippen LogP contribution in [0.15, 0.2) is 36.4 Å². The number of carbonyl (C=O) groups is 1. The normalized spacial score (nSPS) is 15.4. The molecule has 8 heteroatoms. The molecule has 1 aliphatic rings. The number of pyridine rings is 1. The van der Waals surface area contributed by atoms with Gasteiger partial charge >= 0.3 is 0 Å². The third-order valence-corrected chi connectivity index (χ3v) is 9.30. The van der Waals surface area contributed by atoms with Crippen LogP contribution in [0.1, 0.15) is 52.9 Å². The number of rotatable bonds is 4. The minimum absolute atomic E-state index is 0.209. The number of nitrogens with one attached hydrogen (secondary N) is 1. The maximum atomic E-state index is 13.3. The molecule has 0 saturated carbocycles. The molecule has 1 aromatic carbocycles. The van der Waals surface area contributed by atoms with E-state index in [1.807, 2.05) is 36.4 Å². The van der Waals surface area contributed by atoms with Gasteiger partial charge in [-0.25, -0.2) is 4.98 Å². The lowest BCUT2D eigenvalue weighted by Crippen LogP contribution is -2.26. The van der Waals surface area contributed by atoms with Crippen LogP contribution < -0.4 is 15.8 Å². The van der Waals surface area contributed by atoms with Crippen molar-refractivity contribution in [1.82, 2.24) is 4.98 Å². The lowest BCUT2D eigenvalue weighted by molar-refractivity contribution is 0.103. The highest BCUT2D eigenvalue weighted by molar-refractivity contribution is 7.21. The van der Waals surface area contributed by atoms with Crippen molar-refractivity contribution >= 4 is 49.5 Å². The zero-order chi connectivity index (χ0) is 25.6. The zero-order valence-electron chi connectivity index (χ0n) is 20.8. The summed E-state index contributed by atoms with van der Waals surface area (Å²) >= 11 is 2.80. The van der Waals surface area contributed by atoms with Crippen molar-refractivity contribution in [2.24, 2.45) is 11.3 Å². The van der Waals surface area contributed by atoms with Crippen LogP contribution in [0.3, 0.4) is 0 Å². The molecular weight excluding hydrogens is 488 g/mol. The van der Waals surface area contributed by atoms with Crippen molar-refractivity contribution in [1.29, 1.82) is 5.26 Å². The fourth-order valence-corrected chi connectivity index (χ4v) is 7.04. The molecule has 0 aliphatic heterocycles. The molecule has 3 aromatic heterocycles. The van der Waals surface area contributed by atoms with Gasteiger partial charge in [0.05, 0.1) is 24.1 Å². The number of aromatic nitrogens is 1. The molecule has 6 nitrogen and oxygen atoms in total. The van der Waals surface area contributed by atoms with Gasteiger partial charge in [0.1, 0.15) is 26.5 Å². The van der Waals surface area contributed by atoms with Gasteiger partial charge in [-0.2, -0.15) is 5.26 Å². The van der Waals surface area contributed by atoms with Crippen molar-refractivity contribution < 1.29 is 9.53 Å². The van der Waals surface area contributed by atoms with E-state index < -0.39 is 0 Å². The minimum atomic E-state index is -0.302. The number of ether oxygens (including phenoxy) is 1. The third kappa shape index (κ3) is 4.34. The Morgan fingerprint density at radius 2 is 1.94 bits per heavy atom. The Morgan fingerprint density at radius 3 is 2.61 bits per heavy atom. The van der Waals surface area contributed by atoms with Gasteiger partial charge in [0.2, 0.25) is 0 Å². The van der Waals surface area contributed by atoms with E-state index >= 15 is 0 Å². The molecule has 184 valence electrons. The maximum absolute atomic E-state index is 13.3. The largest absolute Gasteiger partial charge is 0.497 e. The SMILES string of the molecule is COc1ccc(-c2ccc3c(N)c(C(=O)Nc4sc5c(c4C#N)CCC(C(C)(C)C)C5)sc3n2)cc1. The van der Waals surface area contributed by atoms with Crippen LogP contribution >= 0.6 is 22.7 Å². The van der Waals surface area contributed by atoms with E-state index in [9.17, 15) is 10.1 Å². The van der Waals surface area contributed by atoms with Crippen LogP contribution in [0.4, 0.5) is 10.7 Å². The summed E-state index contributed by atoms with van der Waals surface area (Å²) in [6.45, 7) is 6.80. The van der Waals surface area contributed by atoms with Crippen molar-refractivity contribution in [3.8, 4) is 23.1 Å². The number of nitrogen functional groups attached to an aromatic ring is 1. The Kier molecular flexibility index (Phi) is 6.23. The Bertz CT molecular complexity index is 1500. The van der Waals surface area contributed by atoms with Crippen LogP contribution in [0.2, 0.25) is 0 Å². The predicted octanol–water partition coefficient (Wildman–Crippen LogP) is 6.89. The van der Waals surface area contributed by atoms with E-state index in [4.69, 9.17) is 15.5 Å². The van der Waals surface area contributed by atoms with Gasteiger partial charge in [0.15, 0.2) is 0 Å². The highest BCUT2D eigenvalue weighted by Crippen LogP contribution is 2.44. The molecule has 4 aromatic rings. The summed E-state index contributed by atoms with van der Waals surface area (Å²) in [7, 11) is 1.63. The lowest BCUT2D eigenvalue weighted by atomic mass is 9.72. The second-order valence-electron chi connectivity index (χ2n) is 10.2. The monoisotopic (exact) mass is 516 g/mol. The summed E-state index contributed by atoms with van der Waals surface area (Å²) in [6, 6.07) is 13.8. The maximum Gasteiger partial charge on any atom is 0.268 e. The smallest absolute Gasteiger partial charge is 0.268 e. The van der Waals surface area contributed by atoms with Crippen LogP contribution in [0.25, 0.3) is 21.5 Å². The van der Waals surface area contributed by atoms with Gasteiger partial charge in [-0.15, -0.1) is 22.7 Å². The number of nitrogens with zero attached hydrogens (tertiary/aromatic N) is 2. The number of carbonyl (C=O) groups excluding carboxylic acids is 1. The Labute approximate surface area is 218 Å². The average Bonchev–Trinajstić information content (AvgIpc) is 3.39. The minimum Gasteiger partial charge on any atom is -0.497 e. The van der Waals surface area contributed by atoms with E-state index in [1.54, 1.807) is 7.11 Å². The quantitative estimate of drug-likeness (QED) is 0.307. The van der Waals surface area contributed by atoms with Crippen LogP contribution in [0, 0.1) is 22.7 Å². The molecular formula is C28H28N4O2S2. The summed E-state index contributed by atoms with van der Waals surface area (Å²) in [5, 5.41) is 14.2. The number of hydrogen-bond acceptors (Lipinski definition) is 7. The first-order valence-electron chi connectivity index (χ1n) is 11.9. The molecule has 0 spiro atoms. The predicted molar refractivity (Wildman–Crippen MR) is 148 cm³/mol. The number of hydrogen-bond donors (Lipinski definition) is 2. The zero-order valence-corrected chi connectivity index (χ0v) is 22.4. The molecule has 0 bridgehead atoms. The van der Waals surface area contributed by atoms with E-state index in [0.717, 1.165) is 47.2 Å². The van der Waals surface area contributed by atoms with Crippen LogP contribution in [-0.4, -0.2) is 18.0 Å². The Balaban J connectivity index is 1.43. The Morgan fingerprint density at radius 1 is 1.19 bits per heavy atom. The van der Waals surface area contributed by atoms with Crippen molar-refractivity contribution in [3.05, 3.63) is 57.3 Å². The molecule has 0 saturated heterocycles. The first kappa shape index (κ1) is 24.3. The van der Waals surface area contributed by atoms with Crippen molar-refractivity contribution in [3.63, 3.8) is 0 Å². The summed E-state index contributed by atoms with van der Waals surface area (Å²) < 4.78 is 5.23. The summed E-state index contributed by atoms with van der Waals surface area (Å²) in [5.74, 6) is 1.03. The Hall–Kier alpha value is -3.41. The summed E-state index contributed by atoms with van der Waals surface area (Å²) in [4.78, 5) is 20.4. The topological polar surface area (TPSA) is 101 Å². The van der Waals surface area contributed by atoms with Gasteiger partial charge in [0, 0.05) is 15.8 Å². The second-order valence-corrected chi connectivity index (χ2v) is 12.3. The van der Waals surface area contributed by atoms with E-state index in [-0.39, 0.29) is 11.3 Å². The molecule has 1 amide bonds. The number of methoxy groups -OCH3 is 1. The van der Waals surface area contributed by atoms with Crippen molar-refractivity contribution in [2.75, 3.05) is 18.2 Å². The van der Waals surface area contributed by atoms with Crippen LogP contribution in [-0.2, 0) is 12.8 Å². The standard InChI is InChI=1S/C28H28N4O2S2/c1-28(2,3)16-7-10-18-20(14-29)27(35-22(18)13-16)32-25(33)24-23(30)19-11-12-21(31-26(19)36-24)15-5-8-17(34-4)9-6-15/h5-6,8-9,11-12,16H,7,10,13,30H2,1-4H3,(H,32,33). The number of fused-ring (bicyclic) bond motifs is 2. The molecule has 3 N–H and O–H groups in total. The van der Waals surface area contributed by atoms with Gasteiger partial charge in [-0.1, -0.05) is 20.8 Å². The molecule has 0 fully saturated rings. The van der Waals surface area contributed by atoms with E-state index in [1.165, 1.54) is 27.6 Å². The highest BCUT2D eigenvalue weighted by atomic mass is 32.1. The number of benzene rings is 1. The lowest BCUT2D eigenvalue weighted by Gasteiger charge is -2.33. The fourth-order valence-electron chi connectivity index (χ4n) is 4.78. The summed E-state index contributed by atoms with van der Waals surface area (Å²) in [6.07, 6.45) is 2.87. The van der Waals surface area contributed by atoms with E-state index in [2.05, 4.69) is 32.2 Å². The average molecular weight is 517 g/mol. The van der Waals surface area contributed by atoms with Gasteiger partial charge < -0.3 is 15.8 Å². The first-order valence-corrected chi connectivity index (χ1v) is 13.5. The van der Waals surface area contributed by atoms with Gasteiger partial charge in [-0.05, 0) is 72.6 Å². The summed E-state index contributed by atoms with van der Waals surface area (Å²) in [5.41, 5.74) is 10.4. The number of anilines is 2. The number of amides is 1. The molecule has 0 radical (unpaired) electrons. The molecule has 1 atom stereocenters. The van der Waals surface area contributed by atoms with Crippen molar-refractivity contribution in [2.45, 2.75) is 40.0 Å². The molecule has 1 unspecified atom stereocenters. The van der Waals surface area contributed by atoms with E-state index in [0.29, 0.717) is 31.9 Å².